The molecular formula is C25H31N3O4. The molecule has 4 atom stereocenters. The first-order valence-electron chi connectivity index (χ1n) is 11.6. The number of likely N-dealkylation sites (tertiary alicyclic amines) is 1. The average Bonchev–Trinajstić information content (AvgIpc) is 3.40. The molecule has 2 fully saturated rings. The van der Waals surface area contributed by atoms with Crippen LogP contribution in [-0.4, -0.2) is 45.3 Å². The zero-order chi connectivity index (χ0) is 22.2. The molecule has 1 aromatic carbocycles. The monoisotopic (exact) mass is 437 g/mol. The van der Waals surface area contributed by atoms with Gasteiger partial charge < -0.3 is 19.2 Å². The van der Waals surface area contributed by atoms with Gasteiger partial charge in [0.25, 0.3) is 0 Å². The maximum absolute atomic E-state index is 12.1. The highest BCUT2D eigenvalue weighted by Crippen LogP contribution is 2.39. The Morgan fingerprint density at radius 1 is 1.28 bits per heavy atom. The molecule has 1 aliphatic carbocycles. The van der Waals surface area contributed by atoms with Crippen LogP contribution in [0.3, 0.4) is 0 Å². The fourth-order valence-corrected chi connectivity index (χ4v) is 5.53. The molecule has 32 heavy (non-hydrogen) atoms. The smallest absolute Gasteiger partial charge is 0.336 e. The molecule has 0 unspecified atom stereocenters. The Hall–Kier alpha value is -2.64. The lowest BCUT2D eigenvalue weighted by atomic mass is 9.78. The Bertz CT molecular complexity index is 1140. The van der Waals surface area contributed by atoms with Crippen molar-refractivity contribution in [3.63, 3.8) is 0 Å². The van der Waals surface area contributed by atoms with E-state index in [0.717, 1.165) is 67.5 Å². The summed E-state index contributed by atoms with van der Waals surface area (Å²) < 4.78 is 11.9. The molecule has 7 heteroatoms. The molecule has 7 nitrogen and oxygen atoms in total. The number of aromatic amines is 1. The fourth-order valence-electron chi connectivity index (χ4n) is 5.53. The van der Waals surface area contributed by atoms with E-state index in [1.54, 1.807) is 12.4 Å². The second-order valence-corrected chi connectivity index (χ2v) is 9.39. The third-order valence-electron chi connectivity index (χ3n) is 7.10. The standard InChI is InChI=1S/C25H31N3O4/c1-3-4-16-9-24(30)32-25-15(2)22(6-5-20(16)25)31-23-8-18-12-28(11-17(18)7-21(23)29)13-19-10-26-14-27-19/h5-6,9-10,14,17-18,21,23,29H,3-4,7-8,11-13H2,1-2H3,(H,26,27)/t17-,18+,21+,23+/m0/s1. The first-order chi connectivity index (χ1) is 15.5. The third-order valence-corrected chi connectivity index (χ3v) is 7.10. The lowest BCUT2D eigenvalue weighted by Gasteiger charge is -2.35. The molecule has 2 aliphatic rings. The van der Waals surface area contributed by atoms with E-state index in [2.05, 4.69) is 21.8 Å². The molecule has 0 bridgehead atoms. The molecule has 0 radical (unpaired) electrons. The van der Waals surface area contributed by atoms with Crippen molar-refractivity contribution in [2.75, 3.05) is 13.1 Å². The number of hydrogen-bond donors (Lipinski definition) is 2. The summed E-state index contributed by atoms with van der Waals surface area (Å²) in [6.45, 7) is 6.88. The van der Waals surface area contributed by atoms with Crippen molar-refractivity contribution in [2.45, 2.75) is 58.3 Å². The Labute approximate surface area is 187 Å². The zero-order valence-corrected chi connectivity index (χ0v) is 18.7. The molecular weight excluding hydrogens is 406 g/mol. The number of aliphatic hydroxyl groups is 1. The van der Waals surface area contributed by atoms with E-state index >= 15 is 0 Å². The topological polar surface area (TPSA) is 91.6 Å². The van der Waals surface area contributed by atoms with Crippen molar-refractivity contribution < 1.29 is 14.3 Å². The maximum Gasteiger partial charge on any atom is 0.336 e. The molecule has 0 amide bonds. The Morgan fingerprint density at radius 3 is 2.84 bits per heavy atom. The van der Waals surface area contributed by atoms with Crippen molar-refractivity contribution in [2.24, 2.45) is 11.8 Å². The number of nitrogens with zero attached hydrogens (tertiary/aromatic N) is 2. The number of aliphatic hydroxyl groups excluding tert-OH is 1. The van der Waals surface area contributed by atoms with Crippen molar-refractivity contribution in [3.05, 3.63) is 58.0 Å². The lowest BCUT2D eigenvalue weighted by Crippen LogP contribution is -2.42. The van der Waals surface area contributed by atoms with E-state index in [9.17, 15) is 9.90 Å². The van der Waals surface area contributed by atoms with Gasteiger partial charge in [-0.1, -0.05) is 13.3 Å². The number of benzene rings is 1. The molecule has 3 heterocycles. The van der Waals surface area contributed by atoms with Gasteiger partial charge in [0.1, 0.15) is 17.4 Å². The lowest BCUT2D eigenvalue weighted by molar-refractivity contribution is -0.0233. The Balaban J connectivity index is 1.33. The second kappa shape index (κ2) is 8.71. The highest BCUT2D eigenvalue weighted by atomic mass is 16.5. The fraction of sp³-hybridized carbons (Fsp3) is 0.520. The van der Waals surface area contributed by atoms with E-state index < -0.39 is 6.10 Å². The maximum atomic E-state index is 12.1. The normalized spacial score (nSPS) is 25.8. The number of H-pyrrole nitrogens is 1. The third kappa shape index (κ3) is 4.07. The van der Waals surface area contributed by atoms with Crippen molar-refractivity contribution in [3.8, 4) is 5.75 Å². The summed E-state index contributed by atoms with van der Waals surface area (Å²) in [6, 6.07) is 5.52. The van der Waals surface area contributed by atoms with Crippen LogP contribution in [0.15, 0.2) is 39.9 Å². The van der Waals surface area contributed by atoms with Gasteiger partial charge in [-0.3, -0.25) is 4.90 Å². The Morgan fingerprint density at radius 2 is 2.09 bits per heavy atom. The summed E-state index contributed by atoms with van der Waals surface area (Å²) >= 11 is 0. The summed E-state index contributed by atoms with van der Waals surface area (Å²) in [6.07, 6.45) is 6.19. The van der Waals surface area contributed by atoms with E-state index in [1.165, 1.54) is 0 Å². The minimum atomic E-state index is -0.503. The summed E-state index contributed by atoms with van der Waals surface area (Å²) in [7, 11) is 0. The van der Waals surface area contributed by atoms with Gasteiger partial charge in [-0.2, -0.15) is 0 Å². The quantitative estimate of drug-likeness (QED) is 0.574. The molecule has 0 spiro atoms. The number of hydrogen-bond acceptors (Lipinski definition) is 6. The van der Waals surface area contributed by atoms with E-state index in [-0.39, 0.29) is 11.7 Å². The van der Waals surface area contributed by atoms with Gasteiger partial charge in [0.15, 0.2) is 0 Å². The van der Waals surface area contributed by atoms with E-state index in [0.29, 0.717) is 23.2 Å². The van der Waals surface area contributed by atoms with Gasteiger partial charge in [-0.15, -0.1) is 0 Å². The molecule has 2 aromatic heterocycles. The minimum Gasteiger partial charge on any atom is -0.487 e. The van der Waals surface area contributed by atoms with Crippen molar-refractivity contribution >= 4 is 11.0 Å². The number of rotatable bonds is 6. The highest BCUT2D eigenvalue weighted by molar-refractivity contribution is 5.85. The number of aromatic nitrogens is 2. The number of fused-ring (bicyclic) bond motifs is 2. The van der Waals surface area contributed by atoms with Crippen molar-refractivity contribution in [1.82, 2.24) is 14.9 Å². The predicted octanol–water partition coefficient (Wildman–Crippen LogP) is 3.43. The summed E-state index contributed by atoms with van der Waals surface area (Å²) in [5.74, 6) is 1.67. The van der Waals surface area contributed by atoms with Crippen LogP contribution in [0.1, 0.15) is 43.0 Å². The van der Waals surface area contributed by atoms with Gasteiger partial charge in [0.2, 0.25) is 0 Å². The first kappa shape index (κ1) is 21.2. The molecule has 3 aromatic rings. The van der Waals surface area contributed by atoms with Crippen LogP contribution in [0.2, 0.25) is 0 Å². The molecule has 1 saturated carbocycles. The minimum absolute atomic E-state index is 0.259. The summed E-state index contributed by atoms with van der Waals surface area (Å²) in [5, 5.41) is 11.8. The van der Waals surface area contributed by atoms with Crippen LogP contribution in [0.5, 0.6) is 5.75 Å². The number of imidazole rings is 1. The number of aryl methyl sites for hydroxylation is 2. The molecule has 5 rings (SSSR count). The van der Waals surface area contributed by atoms with Crippen LogP contribution in [0.4, 0.5) is 0 Å². The van der Waals surface area contributed by atoms with Crippen molar-refractivity contribution in [1.29, 1.82) is 0 Å². The van der Waals surface area contributed by atoms with E-state index in [1.807, 2.05) is 25.3 Å². The molecule has 1 aliphatic heterocycles. The predicted molar refractivity (Wildman–Crippen MR) is 122 cm³/mol. The van der Waals surface area contributed by atoms with Crippen LogP contribution in [-0.2, 0) is 13.0 Å². The molecule has 2 N–H and O–H groups in total. The Kier molecular flexibility index (Phi) is 5.78. The van der Waals surface area contributed by atoms with Crippen LogP contribution in [0.25, 0.3) is 11.0 Å². The number of nitrogens with one attached hydrogen (secondary N) is 1. The SMILES string of the molecule is CCCc1cc(=O)oc2c(C)c(O[C@@H]3C[C@@H]4CN(Cc5cnc[nH]5)C[C@@H]4C[C@H]3O)ccc12. The van der Waals surface area contributed by atoms with Gasteiger partial charge in [0, 0.05) is 48.5 Å². The second-order valence-electron chi connectivity index (χ2n) is 9.39. The van der Waals surface area contributed by atoms with Crippen LogP contribution >= 0.6 is 0 Å². The number of ether oxygens (including phenoxy) is 1. The van der Waals surface area contributed by atoms with Crippen LogP contribution < -0.4 is 10.4 Å². The zero-order valence-electron chi connectivity index (χ0n) is 18.7. The van der Waals surface area contributed by atoms with Gasteiger partial charge >= 0.3 is 5.63 Å². The molecule has 170 valence electrons. The van der Waals surface area contributed by atoms with E-state index in [4.69, 9.17) is 9.15 Å². The summed E-state index contributed by atoms with van der Waals surface area (Å²) in [5.41, 5.74) is 3.21. The largest absolute Gasteiger partial charge is 0.487 e. The highest BCUT2D eigenvalue weighted by Gasteiger charge is 2.42. The molecule has 1 saturated heterocycles. The van der Waals surface area contributed by atoms with Crippen LogP contribution in [0, 0.1) is 18.8 Å². The van der Waals surface area contributed by atoms with Gasteiger partial charge in [-0.25, -0.2) is 9.78 Å². The first-order valence-corrected chi connectivity index (χ1v) is 11.6. The summed E-state index contributed by atoms with van der Waals surface area (Å²) in [4.78, 5) is 21.8. The van der Waals surface area contributed by atoms with Gasteiger partial charge in [-0.05, 0) is 55.7 Å². The van der Waals surface area contributed by atoms with Gasteiger partial charge in [0.05, 0.1) is 12.4 Å². The average molecular weight is 438 g/mol.